The lowest BCUT2D eigenvalue weighted by Crippen LogP contribution is -2.00. The highest BCUT2D eigenvalue weighted by atomic mass is 16.4. The van der Waals surface area contributed by atoms with Gasteiger partial charge in [-0.25, -0.2) is 0 Å². The van der Waals surface area contributed by atoms with Crippen molar-refractivity contribution in [1.82, 2.24) is 0 Å². The summed E-state index contributed by atoms with van der Waals surface area (Å²) in [5.41, 5.74) is 0. The zero-order valence-electron chi connectivity index (χ0n) is 9.59. The largest absolute Gasteiger partial charge is 0.481 e. The van der Waals surface area contributed by atoms with Gasteiger partial charge in [0.05, 0.1) is 0 Å². The van der Waals surface area contributed by atoms with Crippen molar-refractivity contribution in [3.63, 3.8) is 0 Å². The molecule has 0 aromatic carbocycles. The van der Waals surface area contributed by atoms with Crippen LogP contribution in [0.1, 0.15) is 65.2 Å². The molecule has 1 atom stereocenters. The molecule has 1 N–H and O–H groups in total. The first-order valence-corrected chi connectivity index (χ1v) is 5.92. The molecule has 2 nitrogen and oxygen atoms in total. The maximum atomic E-state index is 10.3. The van der Waals surface area contributed by atoms with Gasteiger partial charge in [0.2, 0.25) is 0 Å². The topological polar surface area (TPSA) is 37.3 Å². The summed E-state index contributed by atoms with van der Waals surface area (Å²) in [4.78, 5) is 10.3. The smallest absolute Gasteiger partial charge is 0.303 e. The van der Waals surface area contributed by atoms with Crippen LogP contribution in [0.4, 0.5) is 0 Å². The van der Waals surface area contributed by atoms with Gasteiger partial charge < -0.3 is 5.11 Å². The van der Waals surface area contributed by atoms with Crippen molar-refractivity contribution in [2.24, 2.45) is 5.92 Å². The van der Waals surface area contributed by atoms with Crippen LogP contribution in [0.25, 0.3) is 0 Å². The number of unbranched alkanes of at least 4 members (excludes halogenated alkanes) is 2. The maximum Gasteiger partial charge on any atom is 0.303 e. The summed E-state index contributed by atoms with van der Waals surface area (Å²) < 4.78 is 0. The number of carboxylic acids is 1. The minimum Gasteiger partial charge on any atom is -0.481 e. The lowest BCUT2D eigenvalue weighted by Gasteiger charge is -2.13. The van der Waals surface area contributed by atoms with Crippen LogP contribution in [-0.4, -0.2) is 11.1 Å². The van der Waals surface area contributed by atoms with Crippen LogP contribution in [0, 0.1) is 5.92 Å². The van der Waals surface area contributed by atoms with E-state index in [0.29, 0.717) is 6.42 Å². The summed E-state index contributed by atoms with van der Waals surface area (Å²) in [5, 5.41) is 8.48. The minimum atomic E-state index is -0.661. The van der Waals surface area contributed by atoms with E-state index < -0.39 is 5.97 Å². The normalized spacial score (nSPS) is 12.7. The van der Waals surface area contributed by atoms with Gasteiger partial charge in [-0.3, -0.25) is 4.79 Å². The van der Waals surface area contributed by atoms with E-state index in [1.807, 2.05) is 0 Å². The van der Waals surface area contributed by atoms with Gasteiger partial charge in [-0.1, -0.05) is 52.4 Å². The van der Waals surface area contributed by atoms with Crippen LogP contribution in [0.2, 0.25) is 0 Å². The second kappa shape index (κ2) is 9.04. The van der Waals surface area contributed by atoms with E-state index >= 15 is 0 Å². The molecule has 2 heteroatoms. The molecule has 1 unspecified atom stereocenters. The van der Waals surface area contributed by atoms with Gasteiger partial charge >= 0.3 is 5.97 Å². The number of aliphatic carboxylic acids is 1. The number of hydrogen-bond donors (Lipinski definition) is 1. The summed E-state index contributed by atoms with van der Waals surface area (Å²) in [7, 11) is 0. The molecular weight excluding hydrogens is 176 g/mol. The standard InChI is InChI=1S/C12H24O2/c1-3-5-8-11(4-2)9-6-7-10-12(13)14/h11H,3-10H2,1-2H3,(H,13,14). The fourth-order valence-corrected chi connectivity index (χ4v) is 1.75. The Bertz CT molecular complexity index is 143. The molecule has 0 saturated carbocycles. The molecule has 0 aromatic heterocycles. The molecule has 0 aliphatic heterocycles. The Morgan fingerprint density at radius 3 is 2.29 bits per heavy atom. The summed E-state index contributed by atoms with van der Waals surface area (Å²) in [6.07, 6.45) is 8.62. The minimum absolute atomic E-state index is 0.338. The van der Waals surface area contributed by atoms with Crippen molar-refractivity contribution in [1.29, 1.82) is 0 Å². The Kier molecular flexibility index (Phi) is 8.70. The molecule has 0 radical (unpaired) electrons. The van der Waals surface area contributed by atoms with Gasteiger partial charge in [0, 0.05) is 6.42 Å². The first-order chi connectivity index (χ1) is 6.70. The Labute approximate surface area is 87.7 Å². The molecule has 0 aliphatic carbocycles. The van der Waals surface area contributed by atoms with E-state index in [2.05, 4.69) is 13.8 Å². The van der Waals surface area contributed by atoms with Crippen LogP contribution >= 0.6 is 0 Å². The van der Waals surface area contributed by atoms with Gasteiger partial charge in [0.25, 0.3) is 0 Å². The average molecular weight is 200 g/mol. The van der Waals surface area contributed by atoms with Crippen molar-refractivity contribution in [2.75, 3.05) is 0 Å². The van der Waals surface area contributed by atoms with E-state index in [1.54, 1.807) is 0 Å². The van der Waals surface area contributed by atoms with Crippen LogP contribution in [0.15, 0.2) is 0 Å². The number of rotatable bonds is 9. The predicted octanol–water partition coefficient (Wildman–Crippen LogP) is 3.85. The van der Waals surface area contributed by atoms with Crippen molar-refractivity contribution >= 4 is 5.97 Å². The fourth-order valence-electron chi connectivity index (χ4n) is 1.75. The summed E-state index contributed by atoms with van der Waals surface area (Å²) in [6.45, 7) is 4.45. The van der Waals surface area contributed by atoms with E-state index in [9.17, 15) is 4.79 Å². The van der Waals surface area contributed by atoms with Gasteiger partial charge in [-0.2, -0.15) is 0 Å². The van der Waals surface area contributed by atoms with Crippen molar-refractivity contribution in [3.05, 3.63) is 0 Å². The molecule has 14 heavy (non-hydrogen) atoms. The SMILES string of the molecule is CCCCC(CC)CCCCC(=O)O. The molecule has 0 amide bonds. The Hall–Kier alpha value is -0.530. The quantitative estimate of drug-likeness (QED) is 0.574. The van der Waals surface area contributed by atoms with Crippen molar-refractivity contribution in [3.8, 4) is 0 Å². The Morgan fingerprint density at radius 2 is 1.79 bits per heavy atom. The molecular formula is C12H24O2. The molecule has 84 valence electrons. The average Bonchev–Trinajstić information content (AvgIpc) is 2.16. The van der Waals surface area contributed by atoms with Crippen LogP contribution in [0.5, 0.6) is 0 Å². The summed E-state index contributed by atoms with van der Waals surface area (Å²) in [5.74, 6) is 0.162. The highest BCUT2D eigenvalue weighted by Crippen LogP contribution is 2.19. The molecule has 0 aromatic rings. The van der Waals surface area contributed by atoms with Crippen LogP contribution in [-0.2, 0) is 4.79 Å². The Balaban J connectivity index is 3.37. The van der Waals surface area contributed by atoms with E-state index in [-0.39, 0.29) is 0 Å². The highest BCUT2D eigenvalue weighted by Gasteiger charge is 2.05. The third-order valence-electron chi connectivity index (χ3n) is 2.80. The van der Waals surface area contributed by atoms with Gasteiger partial charge in [-0.15, -0.1) is 0 Å². The zero-order chi connectivity index (χ0) is 10.8. The molecule has 0 aliphatic rings. The Morgan fingerprint density at radius 1 is 1.14 bits per heavy atom. The maximum absolute atomic E-state index is 10.3. The van der Waals surface area contributed by atoms with E-state index in [0.717, 1.165) is 18.8 Å². The first kappa shape index (κ1) is 13.5. The second-order valence-corrected chi connectivity index (χ2v) is 4.06. The third kappa shape index (κ3) is 8.09. The van der Waals surface area contributed by atoms with Crippen molar-refractivity contribution < 1.29 is 9.90 Å². The third-order valence-corrected chi connectivity index (χ3v) is 2.80. The van der Waals surface area contributed by atoms with Crippen LogP contribution < -0.4 is 0 Å². The second-order valence-electron chi connectivity index (χ2n) is 4.06. The van der Waals surface area contributed by atoms with Gasteiger partial charge in [0.1, 0.15) is 0 Å². The van der Waals surface area contributed by atoms with E-state index in [1.165, 1.54) is 32.1 Å². The summed E-state index contributed by atoms with van der Waals surface area (Å²) in [6, 6.07) is 0. The molecule has 0 fully saturated rings. The first-order valence-electron chi connectivity index (χ1n) is 5.92. The van der Waals surface area contributed by atoms with Gasteiger partial charge in [-0.05, 0) is 12.3 Å². The molecule has 0 spiro atoms. The van der Waals surface area contributed by atoms with E-state index in [4.69, 9.17) is 5.11 Å². The monoisotopic (exact) mass is 200 g/mol. The molecule has 0 rings (SSSR count). The predicted molar refractivity (Wildman–Crippen MR) is 59.4 cm³/mol. The molecule has 0 saturated heterocycles. The highest BCUT2D eigenvalue weighted by molar-refractivity contribution is 5.66. The van der Waals surface area contributed by atoms with Crippen LogP contribution in [0.3, 0.4) is 0 Å². The fraction of sp³-hybridized carbons (Fsp3) is 0.917. The van der Waals surface area contributed by atoms with Gasteiger partial charge in [0.15, 0.2) is 0 Å². The zero-order valence-corrected chi connectivity index (χ0v) is 9.59. The lowest BCUT2D eigenvalue weighted by molar-refractivity contribution is -0.137. The number of carbonyl (C=O) groups is 1. The molecule has 0 bridgehead atoms. The molecule has 0 heterocycles. The van der Waals surface area contributed by atoms with Crippen molar-refractivity contribution in [2.45, 2.75) is 65.2 Å². The summed E-state index contributed by atoms with van der Waals surface area (Å²) >= 11 is 0. The number of carboxylic acid groups (broad SMARTS) is 1. The lowest BCUT2D eigenvalue weighted by atomic mass is 9.93. The number of hydrogen-bond acceptors (Lipinski definition) is 1.